The second-order valence-corrected chi connectivity index (χ2v) is 8.75. The van der Waals surface area contributed by atoms with Crippen LogP contribution in [0.25, 0.3) is 5.76 Å². The molecule has 0 radical (unpaired) electrons. The highest BCUT2D eigenvalue weighted by atomic mass is 16.5. The maximum atomic E-state index is 13.2. The number of rotatable bonds is 7. The van der Waals surface area contributed by atoms with Gasteiger partial charge >= 0.3 is 0 Å². The van der Waals surface area contributed by atoms with E-state index in [0.717, 1.165) is 11.1 Å². The largest absolute Gasteiger partial charge is 0.507 e. The number of nitrogens with zero attached hydrogens (tertiary/aromatic N) is 3. The molecular weight excluding hydrogens is 430 g/mol. The number of carbonyl (C=O) groups is 2. The zero-order valence-electron chi connectivity index (χ0n) is 19.4. The molecule has 1 atom stereocenters. The number of hydrogen-bond donors (Lipinski definition) is 1. The fraction of sp³-hybridized carbons (Fsp3) is 0.259. The predicted molar refractivity (Wildman–Crippen MR) is 128 cm³/mol. The second-order valence-electron chi connectivity index (χ2n) is 8.75. The first-order chi connectivity index (χ1) is 16.4. The average Bonchev–Trinajstić information content (AvgIpc) is 3.09. The molecule has 0 saturated carbocycles. The molecule has 1 aliphatic heterocycles. The zero-order chi connectivity index (χ0) is 24.2. The van der Waals surface area contributed by atoms with E-state index in [-0.39, 0.29) is 17.9 Å². The summed E-state index contributed by atoms with van der Waals surface area (Å²) in [5.41, 5.74) is 2.80. The van der Waals surface area contributed by atoms with Crippen LogP contribution in [0.5, 0.6) is 5.75 Å². The van der Waals surface area contributed by atoms with Gasteiger partial charge in [-0.15, -0.1) is 0 Å². The summed E-state index contributed by atoms with van der Waals surface area (Å²) in [6.07, 6.45) is 6.51. The van der Waals surface area contributed by atoms with Crippen molar-refractivity contribution in [3.8, 4) is 5.75 Å². The highest BCUT2D eigenvalue weighted by Crippen LogP contribution is 2.40. The quantitative estimate of drug-likeness (QED) is 0.320. The van der Waals surface area contributed by atoms with E-state index >= 15 is 0 Å². The molecule has 0 aliphatic carbocycles. The van der Waals surface area contributed by atoms with Crippen LogP contribution in [0.15, 0.2) is 72.8 Å². The first-order valence-corrected chi connectivity index (χ1v) is 11.2. The Hall–Kier alpha value is -4.00. The highest BCUT2D eigenvalue weighted by Gasteiger charge is 2.46. The van der Waals surface area contributed by atoms with Gasteiger partial charge in [-0.1, -0.05) is 19.9 Å². The lowest BCUT2D eigenvalue weighted by atomic mass is 9.95. The number of likely N-dealkylation sites (tertiary alicyclic amines) is 1. The van der Waals surface area contributed by atoms with Crippen LogP contribution in [0.1, 0.15) is 42.1 Å². The van der Waals surface area contributed by atoms with Crippen LogP contribution in [0, 0.1) is 12.8 Å². The molecule has 3 heterocycles. The van der Waals surface area contributed by atoms with Crippen molar-refractivity contribution in [1.29, 1.82) is 0 Å². The van der Waals surface area contributed by atoms with E-state index < -0.39 is 17.7 Å². The van der Waals surface area contributed by atoms with E-state index in [0.29, 0.717) is 29.4 Å². The monoisotopic (exact) mass is 457 g/mol. The van der Waals surface area contributed by atoms with Gasteiger partial charge in [0.1, 0.15) is 11.5 Å². The lowest BCUT2D eigenvalue weighted by Gasteiger charge is -2.25. The van der Waals surface area contributed by atoms with Crippen molar-refractivity contribution >= 4 is 17.4 Å². The fourth-order valence-corrected chi connectivity index (χ4v) is 3.99. The Balaban J connectivity index is 1.77. The Morgan fingerprint density at radius 3 is 2.50 bits per heavy atom. The van der Waals surface area contributed by atoms with Gasteiger partial charge in [-0.25, -0.2) is 0 Å². The standard InChI is InChI=1S/C27H27N3O4/c1-17(2)16-34-22-7-6-21(13-18(22)3)25(31)23-24(20-8-11-28-12-9-20)30(27(33)26(23)32)15-19-5-4-10-29-14-19/h4-14,17,24,31H,15-16H2,1-3H3/b25-23-. The molecule has 1 fully saturated rings. The van der Waals surface area contributed by atoms with E-state index in [1.54, 1.807) is 61.2 Å². The van der Waals surface area contributed by atoms with Gasteiger partial charge in [-0.2, -0.15) is 0 Å². The molecule has 1 unspecified atom stereocenters. The zero-order valence-corrected chi connectivity index (χ0v) is 19.4. The number of ether oxygens (including phenoxy) is 1. The Labute approximate surface area is 198 Å². The van der Waals surface area contributed by atoms with Crippen molar-refractivity contribution in [2.45, 2.75) is 33.4 Å². The van der Waals surface area contributed by atoms with Crippen molar-refractivity contribution in [2.24, 2.45) is 5.92 Å². The molecule has 7 nitrogen and oxygen atoms in total. The summed E-state index contributed by atoms with van der Waals surface area (Å²) in [5.74, 6) is -0.509. The van der Waals surface area contributed by atoms with Gasteiger partial charge in [-0.05, 0) is 65.9 Å². The smallest absolute Gasteiger partial charge is 0.295 e. The normalized spacial score (nSPS) is 17.4. The number of benzene rings is 1. The molecular formula is C27H27N3O4. The first kappa shape index (κ1) is 23.2. The SMILES string of the molecule is Cc1cc(/C(O)=C2/C(=O)C(=O)N(Cc3cccnc3)C2c2ccncc2)ccc1OCC(C)C. The van der Waals surface area contributed by atoms with Gasteiger partial charge in [0.25, 0.3) is 11.7 Å². The molecule has 4 rings (SSSR count). The molecule has 174 valence electrons. The van der Waals surface area contributed by atoms with Crippen LogP contribution < -0.4 is 4.74 Å². The summed E-state index contributed by atoms with van der Waals surface area (Å²) < 4.78 is 5.83. The molecule has 1 aliphatic rings. The van der Waals surface area contributed by atoms with Gasteiger partial charge in [0.05, 0.1) is 18.2 Å². The third-order valence-corrected chi connectivity index (χ3v) is 5.66. The van der Waals surface area contributed by atoms with E-state index in [2.05, 4.69) is 23.8 Å². The molecule has 1 amide bonds. The van der Waals surface area contributed by atoms with Crippen molar-refractivity contribution in [3.63, 3.8) is 0 Å². The van der Waals surface area contributed by atoms with Crippen LogP contribution in [-0.4, -0.2) is 38.3 Å². The summed E-state index contributed by atoms with van der Waals surface area (Å²) in [6.45, 7) is 6.78. The van der Waals surface area contributed by atoms with Crippen LogP contribution in [0.2, 0.25) is 0 Å². The number of pyridine rings is 2. The Bertz CT molecular complexity index is 1220. The van der Waals surface area contributed by atoms with Gasteiger partial charge in [0.15, 0.2) is 0 Å². The topological polar surface area (TPSA) is 92.6 Å². The number of ketones is 1. The van der Waals surface area contributed by atoms with Crippen molar-refractivity contribution in [1.82, 2.24) is 14.9 Å². The summed E-state index contributed by atoms with van der Waals surface area (Å²) in [6, 6.07) is 11.6. The van der Waals surface area contributed by atoms with Gasteiger partial charge < -0.3 is 14.7 Å². The van der Waals surface area contributed by atoms with Crippen LogP contribution in [-0.2, 0) is 16.1 Å². The predicted octanol–water partition coefficient (Wildman–Crippen LogP) is 4.44. The Morgan fingerprint density at radius 1 is 1.09 bits per heavy atom. The Kier molecular flexibility index (Phi) is 6.72. The van der Waals surface area contributed by atoms with Gasteiger partial charge in [0, 0.05) is 36.9 Å². The number of aliphatic hydroxyl groups is 1. The number of hydrogen-bond acceptors (Lipinski definition) is 6. The van der Waals surface area contributed by atoms with Gasteiger partial charge in [0.2, 0.25) is 0 Å². The molecule has 1 aromatic carbocycles. The van der Waals surface area contributed by atoms with E-state index in [9.17, 15) is 14.7 Å². The fourth-order valence-electron chi connectivity index (χ4n) is 3.99. The number of Topliss-reactive ketones (excluding diaryl/α,β-unsaturated/α-hetero) is 1. The summed E-state index contributed by atoms with van der Waals surface area (Å²) in [7, 11) is 0. The van der Waals surface area contributed by atoms with Crippen LogP contribution >= 0.6 is 0 Å². The van der Waals surface area contributed by atoms with Crippen molar-refractivity contribution < 1.29 is 19.4 Å². The van der Waals surface area contributed by atoms with E-state index in [1.165, 1.54) is 4.90 Å². The van der Waals surface area contributed by atoms with Crippen LogP contribution in [0.4, 0.5) is 0 Å². The summed E-state index contributed by atoms with van der Waals surface area (Å²) >= 11 is 0. The van der Waals surface area contributed by atoms with Crippen LogP contribution in [0.3, 0.4) is 0 Å². The number of aliphatic hydroxyl groups excluding tert-OH is 1. The van der Waals surface area contributed by atoms with Crippen molar-refractivity contribution in [3.05, 3.63) is 95.1 Å². The number of aryl methyl sites for hydroxylation is 1. The lowest BCUT2D eigenvalue weighted by molar-refractivity contribution is -0.140. The molecule has 0 bridgehead atoms. The minimum atomic E-state index is -0.750. The average molecular weight is 458 g/mol. The number of aromatic nitrogens is 2. The third-order valence-electron chi connectivity index (χ3n) is 5.66. The maximum Gasteiger partial charge on any atom is 0.295 e. The minimum Gasteiger partial charge on any atom is -0.507 e. The molecule has 34 heavy (non-hydrogen) atoms. The molecule has 1 N–H and O–H groups in total. The lowest BCUT2D eigenvalue weighted by Crippen LogP contribution is -2.29. The first-order valence-electron chi connectivity index (χ1n) is 11.2. The van der Waals surface area contributed by atoms with E-state index in [4.69, 9.17) is 4.74 Å². The number of amides is 1. The third kappa shape index (κ3) is 4.69. The van der Waals surface area contributed by atoms with Crippen molar-refractivity contribution in [2.75, 3.05) is 6.61 Å². The summed E-state index contributed by atoms with van der Waals surface area (Å²) in [5, 5.41) is 11.3. The molecule has 2 aromatic heterocycles. The second kappa shape index (κ2) is 9.87. The number of carbonyl (C=O) groups excluding carboxylic acids is 2. The maximum absolute atomic E-state index is 13.2. The molecule has 3 aromatic rings. The molecule has 1 saturated heterocycles. The Morgan fingerprint density at radius 2 is 1.85 bits per heavy atom. The summed E-state index contributed by atoms with van der Waals surface area (Å²) in [4.78, 5) is 35.9. The van der Waals surface area contributed by atoms with Gasteiger partial charge in [-0.3, -0.25) is 19.6 Å². The molecule has 0 spiro atoms. The minimum absolute atomic E-state index is 0.0512. The highest BCUT2D eigenvalue weighted by molar-refractivity contribution is 6.46. The van der Waals surface area contributed by atoms with E-state index in [1.807, 2.05) is 13.0 Å². The molecule has 7 heteroatoms.